The van der Waals surface area contributed by atoms with E-state index in [-0.39, 0.29) is 5.82 Å². The van der Waals surface area contributed by atoms with Crippen LogP contribution in [-0.2, 0) is 5.41 Å². The van der Waals surface area contributed by atoms with Crippen LogP contribution < -0.4 is 0 Å². The second kappa shape index (κ2) is 3.34. The fraction of sp³-hybridized carbons (Fsp3) is 0.462. The highest BCUT2D eigenvalue weighted by Crippen LogP contribution is 2.44. The molecule has 78 valence electrons. The quantitative estimate of drug-likeness (QED) is 0.686. The molecule has 0 amide bonds. The standard InChI is InChI=1S/C13H14FN/c1-9-4-5-11(10(2)12(9)14)13(8-15)6-3-7-13/h4-5H,3,6-7H2,1-2H3. The molecule has 0 aliphatic heterocycles. The maximum atomic E-state index is 13.7. The molecule has 0 N–H and O–H groups in total. The van der Waals surface area contributed by atoms with E-state index in [1.807, 2.05) is 6.07 Å². The third kappa shape index (κ3) is 1.34. The molecule has 1 aromatic rings. The van der Waals surface area contributed by atoms with Gasteiger partial charge in [0.25, 0.3) is 0 Å². The van der Waals surface area contributed by atoms with Crippen molar-refractivity contribution in [2.45, 2.75) is 38.5 Å². The molecule has 1 aromatic carbocycles. The van der Waals surface area contributed by atoms with Gasteiger partial charge < -0.3 is 0 Å². The van der Waals surface area contributed by atoms with Crippen LogP contribution in [0.5, 0.6) is 0 Å². The number of nitriles is 1. The van der Waals surface area contributed by atoms with Crippen molar-refractivity contribution in [2.24, 2.45) is 0 Å². The van der Waals surface area contributed by atoms with Gasteiger partial charge in [-0.3, -0.25) is 0 Å². The zero-order chi connectivity index (χ0) is 11.1. The lowest BCUT2D eigenvalue weighted by Gasteiger charge is -2.36. The molecule has 1 nitrogen and oxygen atoms in total. The average molecular weight is 203 g/mol. The fourth-order valence-corrected chi connectivity index (χ4v) is 2.31. The van der Waals surface area contributed by atoms with Gasteiger partial charge in [0, 0.05) is 0 Å². The van der Waals surface area contributed by atoms with Crippen molar-refractivity contribution < 1.29 is 4.39 Å². The van der Waals surface area contributed by atoms with Crippen molar-refractivity contribution in [3.05, 3.63) is 34.6 Å². The zero-order valence-corrected chi connectivity index (χ0v) is 9.10. The molecule has 1 aliphatic carbocycles. The minimum absolute atomic E-state index is 0.158. The van der Waals surface area contributed by atoms with E-state index >= 15 is 0 Å². The summed E-state index contributed by atoms with van der Waals surface area (Å²) in [6, 6.07) is 6.04. The molecule has 2 heteroatoms. The smallest absolute Gasteiger partial charge is 0.129 e. The van der Waals surface area contributed by atoms with Crippen molar-refractivity contribution in [1.82, 2.24) is 0 Å². The average Bonchev–Trinajstić information content (AvgIpc) is 2.17. The van der Waals surface area contributed by atoms with Crippen molar-refractivity contribution in [1.29, 1.82) is 5.26 Å². The highest BCUT2D eigenvalue weighted by atomic mass is 19.1. The van der Waals surface area contributed by atoms with Gasteiger partial charge in [-0.15, -0.1) is 0 Å². The molecule has 0 atom stereocenters. The normalized spacial score (nSPS) is 18.0. The highest BCUT2D eigenvalue weighted by Gasteiger charge is 2.40. The molecule has 0 aromatic heterocycles. The Bertz CT molecular complexity index is 439. The third-order valence-electron chi connectivity index (χ3n) is 3.52. The van der Waals surface area contributed by atoms with Crippen LogP contribution in [0.2, 0.25) is 0 Å². The van der Waals surface area contributed by atoms with Gasteiger partial charge in [-0.05, 0) is 49.8 Å². The molecule has 0 heterocycles. The molecule has 15 heavy (non-hydrogen) atoms. The van der Waals surface area contributed by atoms with Crippen LogP contribution in [0.15, 0.2) is 12.1 Å². The Hall–Kier alpha value is -1.36. The van der Waals surface area contributed by atoms with Crippen LogP contribution >= 0.6 is 0 Å². The van der Waals surface area contributed by atoms with Gasteiger partial charge in [0.15, 0.2) is 0 Å². The van der Waals surface area contributed by atoms with E-state index in [1.165, 1.54) is 0 Å². The maximum Gasteiger partial charge on any atom is 0.129 e. The summed E-state index contributed by atoms with van der Waals surface area (Å²) in [7, 11) is 0. The van der Waals surface area contributed by atoms with E-state index in [0.29, 0.717) is 11.1 Å². The number of hydrogen-bond acceptors (Lipinski definition) is 1. The number of hydrogen-bond donors (Lipinski definition) is 0. The molecule has 0 saturated heterocycles. The largest absolute Gasteiger partial charge is 0.206 e. The molecule has 1 saturated carbocycles. The topological polar surface area (TPSA) is 23.8 Å². The molecule has 0 bridgehead atoms. The summed E-state index contributed by atoms with van der Waals surface area (Å²) in [5.74, 6) is -0.158. The second-order valence-corrected chi connectivity index (χ2v) is 4.42. The van der Waals surface area contributed by atoms with E-state index in [1.54, 1.807) is 19.9 Å². The first kappa shape index (κ1) is 10.2. The first-order chi connectivity index (χ1) is 7.10. The summed E-state index contributed by atoms with van der Waals surface area (Å²) >= 11 is 0. The Morgan fingerprint density at radius 3 is 2.47 bits per heavy atom. The Morgan fingerprint density at radius 2 is 2.00 bits per heavy atom. The fourth-order valence-electron chi connectivity index (χ4n) is 2.31. The Balaban J connectivity index is 2.55. The molecular weight excluding hydrogens is 189 g/mol. The predicted molar refractivity (Wildman–Crippen MR) is 57.0 cm³/mol. The van der Waals surface area contributed by atoms with Gasteiger partial charge in [0.05, 0.1) is 11.5 Å². The molecule has 0 unspecified atom stereocenters. The van der Waals surface area contributed by atoms with Crippen molar-refractivity contribution in [3.63, 3.8) is 0 Å². The Morgan fingerprint density at radius 1 is 1.33 bits per heavy atom. The van der Waals surface area contributed by atoms with Gasteiger partial charge in [-0.1, -0.05) is 12.1 Å². The Labute approximate surface area is 89.5 Å². The lowest BCUT2D eigenvalue weighted by atomic mass is 9.64. The molecule has 1 aliphatic rings. The van der Waals surface area contributed by atoms with Gasteiger partial charge >= 0.3 is 0 Å². The summed E-state index contributed by atoms with van der Waals surface area (Å²) < 4.78 is 13.7. The van der Waals surface area contributed by atoms with Crippen LogP contribution in [0.1, 0.15) is 36.0 Å². The summed E-state index contributed by atoms with van der Waals surface area (Å²) in [5.41, 5.74) is 1.79. The highest BCUT2D eigenvalue weighted by molar-refractivity contribution is 5.43. The lowest BCUT2D eigenvalue weighted by Crippen LogP contribution is -2.33. The molecule has 1 fully saturated rings. The summed E-state index contributed by atoms with van der Waals surface area (Å²) in [5, 5.41) is 9.20. The second-order valence-electron chi connectivity index (χ2n) is 4.42. The van der Waals surface area contributed by atoms with E-state index in [2.05, 4.69) is 6.07 Å². The van der Waals surface area contributed by atoms with Crippen LogP contribution in [0.4, 0.5) is 4.39 Å². The van der Waals surface area contributed by atoms with Crippen LogP contribution in [0.25, 0.3) is 0 Å². The maximum absolute atomic E-state index is 13.7. The summed E-state index contributed by atoms with van der Waals surface area (Å²) in [4.78, 5) is 0. The van der Waals surface area contributed by atoms with E-state index < -0.39 is 5.41 Å². The SMILES string of the molecule is Cc1ccc(C2(C#N)CCC2)c(C)c1F. The lowest BCUT2D eigenvalue weighted by molar-refractivity contribution is 0.321. The van der Waals surface area contributed by atoms with Crippen LogP contribution in [-0.4, -0.2) is 0 Å². The van der Waals surface area contributed by atoms with Crippen molar-refractivity contribution in [3.8, 4) is 6.07 Å². The first-order valence-electron chi connectivity index (χ1n) is 5.28. The van der Waals surface area contributed by atoms with Crippen LogP contribution in [0.3, 0.4) is 0 Å². The van der Waals surface area contributed by atoms with Crippen molar-refractivity contribution >= 4 is 0 Å². The minimum Gasteiger partial charge on any atom is -0.206 e. The number of nitrogens with zero attached hydrogens (tertiary/aromatic N) is 1. The predicted octanol–water partition coefficient (Wildman–Crippen LogP) is 3.39. The van der Waals surface area contributed by atoms with E-state index in [0.717, 1.165) is 24.8 Å². The molecule has 0 radical (unpaired) electrons. The van der Waals surface area contributed by atoms with Gasteiger partial charge in [-0.25, -0.2) is 4.39 Å². The Kier molecular flexibility index (Phi) is 2.26. The van der Waals surface area contributed by atoms with Gasteiger partial charge in [-0.2, -0.15) is 5.26 Å². The number of benzene rings is 1. The first-order valence-corrected chi connectivity index (χ1v) is 5.28. The minimum atomic E-state index is -0.404. The number of halogens is 1. The zero-order valence-electron chi connectivity index (χ0n) is 9.10. The van der Waals surface area contributed by atoms with Gasteiger partial charge in [0.2, 0.25) is 0 Å². The monoisotopic (exact) mass is 203 g/mol. The van der Waals surface area contributed by atoms with Crippen LogP contribution in [0, 0.1) is 31.0 Å². The van der Waals surface area contributed by atoms with E-state index in [4.69, 9.17) is 0 Å². The number of rotatable bonds is 1. The molecular formula is C13H14FN. The third-order valence-corrected chi connectivity index (χ3v) is 3.52. The van der Waals surface area contributed by atoms with E-state index in [9.17, 15) is 9.65 Å². The summed E-state index contributed by atoms with van der Waals surface area (Å²) in [6.45, 7) is 3.53. The van der Waals surface area contributed by atoms with Gasteiger partial charge in [0.1, 0.15) is 5.82 Å². The summed E-state index contributed by atoms with van der Waals surface area (Å²) in [6.07, 6.45) is 2.81. The van der Waals surface area contributed by atoms with Crippen molar-refractivity contribution in [2.75, 3.05) is 0 Å². The molecule has 2 rings (SSSR count). The number of aryl methyl sites for hydroxylation is 1. The molecule has 0 spiro atoms.